The number of hydrogen-bond donors (Lipinski definition) is 1. The van der Waals surface area contributed by atoms with Gasteiger partial charge in [-0.1, -0.05) is 0 Å². The minimum Gasteiger partial charge on any atom is -0.493 e. The zero-order valence-electron chi connectivity index (χ0n) is 17.5. The molecule has 1 aromatic carbocycles. The van der Waals surface area contributed by atoms with Gasteiger partial charge in [-0.15, -0.1) is 0 Å². The highest BCUT2D eigenvalue weighted by Crippen LogP contribution is 2.33. The Kier molecular flexibility index (Phi) is 5.76. The van der Waals surface area contributed by atoms with Crippen molar-refractivity contribution in [3.63, 3.8) is 0 Å². The quantitative estimate of drug-likeness (QED) is 0.838. The Labute approximate surface area is 172 Å². The standard InChI is InChI=1S/C22H30N4O3/c1-15-9-19(24-23-15)17-5-4-7-26(13-17)22(27)14-25-8-6-16-10-20(28-2)21(29-3)11-18(16)12-25/h9-11,17H,4-8,12-14H2,1-3H3,(H,23,24). The fraction of sp³-hybridized carbons (Fsp3) is 0.545. The number of aromatic nitrogens is 2. The Bertz CT molecular complexity index is 879. The minimum absolute atomic E-state index is 0.214. The van der Waals surface area contributed by atoms with Crippen LogP contribution < -0.4 is 9.47 Å². The summed E-state index contributed by atoms with van der Waals surface area (Å²) in [4.78, 5) is 17.2. The molecule has 4 rings (SSSR count). The van der Waals surface area contributed by atoms with Crippen molar-refractivity contribution >= 4 is 5.91 Å². The molecule has 0 saturated carbocycles. The van der Waals surface area contributed by atoms with Gasteiger partial charge in [0.25, 0.3) is 0 Å². The van der Waals surface area contributed by atoms with Gasteiger partial charge >= 0.3 is 0 Å². The zero-order valence-corrected chi connectivity index (χ0v) is 17.5. The predicted octanol–water partition coefficient (Wildman–Crippen LogP) is 2.50. The first-order chi connectivity index (χ1) is 14.1. The number of piperidine rings is 1. The predicted molar refractivity (Wildman–Crippen MR) is 110 cm³/mol. The van der Waals surface area contributed by atoms with Crippen molar-refractivity contribution < 1.29 is 14.3 Å². The molecule has 156 valence electrons. The molecule has 1 N–H and O–H groups in total. The third-order valence-corrected chi connectivity index (χ3v) is 6.07. The van der Waals surface area contributed by atoms with Gasteiger partial charge in [-0.25, -0.2) is 0 Å². The van der Waals surface area contributed by atoms with E-state index in [0.717, 1.165) is 68.3 Å². The van der Waals surface area contributed by atoms with Crippen molar-refractivity contribution in [2.45, 2.75) is 38.6 Å². The molecule has 2 aromatic rings. The summed E-state index contributed by atoms with van der Waals surface area (Å²) in [5, 5.41) is 7.43. The molecule has 7 heteroatoms. The number of rotatable bonds is 5. The molecule has 1 fully saturated rings. The zero-order chi connectivity index (χ0) is 20.4. The monoisotopic (exact) mass is 398 g/mol. The third kappa shape index (κ3) is 4.24. The van der Waals surface area contributed by atoms with Crippen LogP contribution in [-0.4, -0.2) is 66.3 Å². The molecule has 0 spiro atoms. The molecule has 29 heavy (non-hydrogen) atoms. The summed E-state index contributed by atoms with van der Waals surface area (Å²) in [6.07, 6.45) is 3.03. The maximum atomic E-state index is 13.0. The van der Waals surface area contributed by atoms with Crippen LogP contribution in [0.3, 0.4) is 0 Å². The molecule has 1 unspecified atom stereocenters. The number of carbonyl (C=O) groups excluding carboxylic acids is 1. The number of likely N-dealkylation sites (tertiary alicyclic amines) is 1. The second-order valence-electron chi connectivity index (χ2n) is 8.09. The molecular formula is C22H30N4O3. The van der Waals surface area contributed by atoms with Crippen molar-refractivity contribution in [3.05, 3.63) is 40.7 Å². The van der Waals surface area contributed by atoms with Crippen LogP contribution in [0.15, 0.2) is 18.2 Å². The summed E-state index contributed by atoms with van der Waals surface area (Å²) in [5.41, 5.74) is 4.64. The number of methoxy groups -OCH3 is 2. The topological polar surface area (TPSA) is 70.7 Å². The van der Waals surface area contributed by atoms with Crippen molar-refractivity contribution in [2.24, 2.45) is 0 Å². The Morgan fingerprint density at radius 2 is 1.93 bits per heavy atom. The van der Waals surface area contributed by atoms with Crippen LogP contribution in [0.1, 0.15) is 41.3 Å². The van der Waals surface area contributed by atoms with E-state index >= 15 is 0 Å². The average molecular weight is 399 g/mol. The van der Waals surface area contributed by atoms with Crippen LogP contribution in [0.2, 0.25) is 0 Å². The first-order valence-corrected chi connectivity index (χ1v) is 10.3. The summed E-state index contributed by atoms with van der Waals surface area (Å²) >= 11 is 0. The van der Waals surface area contributed by atoms with E-state index in [-0.39, 0.29) is 5.91 Å². The first kappa shape index (κ1) is 19.8. The first-order valence-electron chi connectivity index (χ1n) is 10.3. The molecule has 1 aromatic heterocycles. The number of nitrogens with zero attached hydrogens (tertiary/aromatic N) is 3. The summed E-state index contributed by atoms with van der Waals surface area (Å²) in [5.74, 6) is 2.05. The lowest BCUT2D eigenvalue weighted by Gasteiger charge is -2.35. The van der Waals surface area contributed by atoms with Crippen LogP contribution in [-0.2, 0) is 17.8 Å². The third-order valence-electron chi connectivity index (χ3n) is 6.07. The lowest BCUT2D eigenvalue weighted by molar-refractivity contribution is -0.133. The number of nitrogens with one attached hydrogen (secondary N) is 1. The number of H-pyrrole nitrogens is 1. The molecule has 1 saturated heterocycles. The number of aromatic amines is 1. The molecular weight excluding hydrogens is 368 g/mol. The molecule has 0 bridgehead atoms. The van der Waals surface area contributed by atoms with E-state index < -0.39 is 0 Å². The molecule has 3 heterocycles. The molecule has 1 atom stereocenters. The van der Waals surface area contributed by atoms with Crippen LogP contribution in [0, 0.1) is 6.92 Å². The van der Waals surface area contributed by atoms with Gasteiger partial charge in [-0.05, 0) is 55.5 Å². The van der Waals surface area contributed by atoms with Crippen LogP contribution in [0.4, 0.5) is 0 Å². The number of hydrogen-bond acceptors (Lipinski definition) is 5. The maximum absolute atomic E-state index is 13.0. The van der Waals surface area contributed by atoms with Crippen LogP contribution in [0.25, 0.3) is 0 Å². The van der Waals surface area contributed by atoms with E-state index in [4.69, 9.17) is 9.47 Å². The smallest absolute Gasteiger partial charge is 0.236 e. The fourth-order valence-corrected chi connectivity index (χ4v) is 4.46. The summed E-state index contributed by atoms with van der Waals surface area (Å²) in [7, 11) is 3.32. The Balaban J connectivity index is 1.39. The Morgan fingerprint density at radius 3 is 2.62 bits per heavy atom. The minimum atomic E-state index is 0.214. The lowest BCUT2D eigenvalue weighted by Crippen LogP contribution is -2.45. The molecule has 7 nitrogen and oxygen atoms in total. The van der Waals surface area contributed by atoms with Crippen molar-refractivity contribution in [2.75, 3.05) is 40.4 Å². The van der Waals surface area contributed by atoms with E-state index in [1.807, 2.05) is 17.9 Å². The van der Waals surface area contributed by atoms with Gasteiger partial charge in [-0.3, -0.25) is 14.8 Å². The van der Waals surface area contributed by atoms with Gasteiger partial charge in [0.1, 0.15) is 0 Å². The summed E-state index contributed by atoms with van der Waals surface area (Å²) in [6.45, 7) is 5.72. The van der Waals surface area contributed by atoms with Gasteiger partial charge in [0.15, 0.2) is 11.5 Å². The number of ether oxygens (including phenoxy) is 2. The van der Waals surface area contributed by atoms with E-state index in [1.165, 1.54) is 11.1 Å². The number of benzene rings is 1. The Morgan fingerprint density at radius 1 is 1.17 bits per heavy atom. The lowest BCUT2D eigenvalue weighted by atomic mass is 9.94. The van der Waals surface area contributed by atoms with Gasteiger partial charge < -0.3 is 14.4 Å². The van der Waals surface area contributed by atoms with Crippen LogP contribution >= 0.6 is 0 Å². The second kappa shape index (κ2) is 8.45. The van der Waals surface area contributed by atoms with Crippen LogP contribution in [0.5, 0.6) is 11.5 Å². The van der Waals surface area contributed by atoms with Gasteiger partial charge in [0.05, 0.1) is 26.5 Å². The number of fused-ring (bicyclic) bond motifs is 1. The largest absolute Gasteiger partial charge is 0.493 e. The molecule has 0 aliphatic carbocycles. The summed E-state index contributed by atoms with van der Waals surface area (Å²) in [6, 6.07) is 6.21. The number of aryl methyl sites for hydroxylation is 1. The fourth-order valence-electron chi connectivity index (χ4n) is 4.46. The van der Waals surface area contributed by atoms with Crippen molar-refractivity contribution in [1.82, 2.24) is 20.0 Å². The summed E-state index contributed by atoms with van der Waals surface area (Å²) < 4.78 is 10.9. The Hall–Kier alpha value is -2.54. The molecule has 2 aliphatic heterocycles. The number of amides is 1. The molecule has 0 radical (unpaired) electrons. The number of carbonyl (C=O) groups is 1. The maximum Gasteiger partial charge on any atom is 0.236 e. The average Bonchev–Trinajstić information content (AvgIpc) is 3.19. The highest BCUT2D eigenvalue weighted by Gasteiger charge is 2.28. The van der Waals surface area contributed by atoms with Crippen molar-refractivity contribution in [1.29, 1.82) is 0 Å². The second-order valence-corrected chi connectivity index (χ2v) is 8.09. The van der Waals surface area contributed by atoms with E-state index in [2.05, 4.69) is 27.2 Å². The van der Waals surface area contributed by atoms with Gasteiger partial charge in [0, 0.05) is 37.8 Å². The molecule has 1 amide bonds. The van der Waals surface area contributed by atoms with Crippen molar-refractivity contribution in [3.8, 4) is 11.5 Å². The van der Waals surface area contributed by atoms with E-state index in [1.54, 1.807) is 14.2 Å². The molecule has 2 aliphatic rings. The normalized spacial score (nSPS) is 19.7. The highest BCUT2D eigenvalue weighted by molar-refractivity contribution is 5.78. The SMILES string of the molecule is COc1cc2c(cc1OC)CN(CC(=O)N1CCCC(c3cc(C)[nH]n3)C1)CC2. The van der Waals surface area contributed by atoms with Gasteiger partial charge in [-0.2, -0.15) is 5.10 Å². The van der Waals surface area contributed by atoms with Gasteiger partial charge in [0.2, 0.25) is 5.91 Å². The highest BCUT2D eigenvalue weighted by atomic mass is 16.5. The van der Waals surface area contributed by atoms with E-state index in [0.29, 0.717) is 12.5 Å². The van der Waals surface area contributed by atoms with E-state index in [9.17, 15) is 4.79 Å².